The lowest BCUT2D eigenvalue weighted by atomic mass is 10.1. The lowest BCUT2D eigenvalue weighted by Gasteiger charge is -2.32. The van der Waals surface area contributed by atoms with Crippen molar-refractivity contribution in [1.29, 1.82) is 0 Å². The highest BCUT2D eigenvalue weighted by Crippen LogP contribution is 2.26. The summed E-state index contributed by atoms with van der Waals surface area (Å²) < 4.78 is 0. The largest absolute Gasteiger partial charge is 0.337 e. The second-order valence-electron chi connectivity index (χ2n) is 6.21. The minimum absolute atomic E-state index is 0.0966. The normalized spacial score (nSPS) is 22.3. The van der Waals surface area contributed by atoms with E-state index < -0.39 is 4.92 Å². The molecule has 2 heterocycles. The number of aryl methyl sites for hydroxylation is 1. The van der Waals surface area contributed by atoms with E-state index in [4.69, 9.17) is 0 Å². The second-order valence-corrected chi connectivity index (χ2v) is 6.21. The van der Waals surface area contributed by atoms with Gasteiger partial charge in [0.25, 0.3) is 11.6 Å². The quantitative estimate of drug-likeness (QED) is 0.665. The smallest absolute Gasteiger partial charge is 0.282 e. The molecule has 7 heteroatoms. The van der Waals surface area contributed by atoms with Crippen LogP contribution >= 0.6 is 0 Å². The maximum atomic E-state index is 12.8. The minimum Gasteiger partial charge on any atom is -0.337 e. The molecule has 124 valence electrons. The van der Waals surface area contributed by atoms with E-state index in [0.717, 1.165) is 32.6 Å². The van der Waals surface area contributed by atoms with Gasteiger partial charge in [0.05, 0.1) is 4.92 Å². The molecule has 1 N–H and O–H groups in total. The number of carbonyl (C=O) groups is 1. The van der Waals surface area contributed by atoms with Crippen LogP contribution in [0.2, 0.25) is 0 Å². The number of piperazine rings is 1. The molecular weight excluding hydrogens is 296 g/mol. The van der Waals surface area contributed by atoms with E-state index in [-0.39, 0.29) is 17.2 Å². The lowest BCUT2D eigenvalue weighted by molar-refractivity contribution is -0.385. The molecule has 1 amide bonds. The topological polar surface area (TPSA) is 78.7 Å². The molecule has 7 nitrogen and oxygen atoms in total. The average molecular weight is 318 g/mol. The molecule has 0 radical (unpaired) electrons. The zero-order chi connectivity index (χ0) is 16.4. The summed E-state index contributed by atoms with van der Waals surface area (Å²) in [5.41, 5.74) is 0.800. The lowest BCUT2D eigenvalue weighted by Crippen LogP contribution is -2.49. The van der Waals surface area contributed by atoms with Crippen molar-refractivity contribution in [2.24, 2.45) is 0 Å². The Labute approximate surface area is 135 Å². The molecular formula is C16H22N4O3. The van der Waals surface area contributed by atoms with E-state index in [1.54, 1.807) is 24.0 Å². The number of likely N-dealkylation sites (tertiary alicyclic amines) is 1. The monoisotopic (exact) mass is 318 g/mol. The Hall–Kier alpha value is -1.99. The Bertz CT molecular complexity index is 613. The van der Waals surface area contributed by atoms with Crippen molar-refractivity contribution in [2.45, 2.75) is 19.4 Å². The van der Waals surface area contributed by atoms with Gasteiger partial charge in [-0.15, -0.1) is 0 Å². The number of benzene rings is 1. The molecule has 0 aliphatic carbocycles. The van der Waals surface area contributed by atoms with Gasteiger partial charge in [0.2, 0.25) is 0 Å². The maximum Gasteiger partial charge on any atom is 0.282 e. The SMILES string of the molecule is Cc1cccc([N+](=O)[O-])c1C(=O)N1CCC(N2CCNCC2)C1. The molecule has 23 heavy (non-hydrogen) atoms. The van der Waals surface area contributed by atoms with Gasteiger partial charge in [0, 0.05) is 51.4 Å². The number of hydrogen-bond donors (Lipinski definition) is 1. The van der Waals surface area contributed by atoms with Crippen LogP contribution in [-0.2, 0) is 0 Å². The Kier molecular flexibility index (Phi) is 4.58. The summed E-state index contributed by atoms with van der Waals surface area (Å²) >= 11 is 0. The Morgan fingerprint density at radius 1 is 1.30 bits per heavy atom. The van der Waals surface area contributed by atoms with Gasteiger partial charge in [-0.25, -0.2) is 0 Å². The molecule has 1 aromatic rings. The van der Waals surface area contributed by atoms with Crippen molar-refractivity contribution >= 4 is 11.6 Å². The molecule has 2 saturated heterocycles. The predicted molar refractivity (Wildman–Crippen MR) is 86.6 cm³/mol. The second kappa shape index (κ2) is 6.64. The molecule has 2 fully saturated rings. The van der Waals surface area contributed by atoms with Gasteiger partial charge in [-0.3, -0.25) is 19.8 Å². The molecule has 1 aromatic carbocycles. The number of nitro benzene ring substituents is 1. The number of nitrogens with zero attached hydrogens (tertiary/aromatic N) is 3. The van der Waals surface area contributed by atoms with Gasteiger partial charge >= 0.3 is 0 Å². The molecule has 0 saturated carbocycles. The van der Waals surface area contributed by atoms with Crippen LogP contribution in [-0.4, -0.2) is 65.9 Å². The molecule has 0 bridgehead atoms. The number of hydrogen-bond acceptors (Lipinski definition) is 5. The summed E-state index contributed by atoms with van der Waals surface area (Å²) in [6, 6.07) is 5.15. The van der Waals surface area contributed by atoms with Crippen LogP contribution in [0, 0.1) is 17.0 Å². The summed E-state index contributed by atoms with van der Waals surface area (Å²) in [7, 11) is 0. The average Bonchev–Trinajstić information content (AvgIpc) is 3.05. The van der Waals surface area contributed by atoms with E-state index in [0.29, 0.717) is 24.7 Å². The Morgan fingerprint density at radius 2 is 2.04 bits per heavy atom. The zero-order valence-electron chi connectivity index (χ0n) is 13.3. The highest BCUT2D eigenvalue weighted by atomic mass is 16.6. The van der Waals surface area contributed by atoms with Crippen LogP contribution < -0.4 is 5.32 Å². The number of nitrogens with one attached hydrogen (secondary N) is 1. The molecule has 3 rings (SSSR count). The van der Waals surface area contributed by atoms with Crippen molar-refractivity contribution in [3.8, 4) is 0 Å². The van der Waals surface area contributed by atoms with Crippen LogP contribution in [0.1, 0.15) is 22.3 Å². The first-order valence-corrected chi connectivity index (χ1v) is 8.06. The van der Waals surface area contributed by atoms with E-state index in [1.165, 1.54) is 6.07 Å². The van der Waals surface area contributed by atoms with Gasteiger partial charge in [0.1, 0.15) is 5.56 Å². The van der Waals surface area contributed by atoms with Crippen LogP contribution in [0.3, 0.4) is 0 Å². The maximum absolute atomic E-state index is 12.8. The molecule has 1 atom stereocenters. The summed E-state index contributed by atoms with van der Waals surface area (Å²) in [5, 5.41) is 14.6. The fourth-order valence-corrected chi connectivity index (χ4v) is 3.51. The molecule has 2 aliphatic heterocycles. The fraction of sp³-hybridized carbons (Fsp3) is 0.562. The first-order chi connectivity index (χ1) is 11.1. The summed E-state index contributed by atoms with van der Waals surface area (Å²) in [6.07, 6.45) is 0.936. The zero-order valence-corrected chi connectivity index (χ0v) is 13.3. The highest BCUT2D eigenvalue weighted by molar-refractivity contribution is 5.99. The fourth-order valence-electron chi connectivity index (χ4n) is 3.51. The first kappa shape index (κ1) is 15.9. The van der Waals surface area contributed by atoms with Gasteiger partial charge in [0.15, 0.2) is 0 Å². The van der Waals surface area contributed by atoms with Gasteiger partial charge in [-0.2, -0.15) is 0 Å². The van der Waals surface area contributed by atoms with Crippen LogP contribution in [0.15, 0.2) is 18.2 Å². The Morgan fingerprint density at radius 3 is 2.74 bits per heavy atom. The summed E-state index contributed by atoms with van der Waals surface area (Å²) in [5.74, 6) is -0.215. The van der Waals surface area contributed by atoms with E-state index in [1.807, 2.05) is 0 Å². The van der Waals surface area contributed by atoms with Crippen molar-refractivity contribution in [2.75, 3.05) is 39.3 Å². The third-order valence-electron chi connectivity index (χ3n) is 4.78. The number of carbonyl (C=O) groups excluding carboxylic acids is 1. The van der Waals surface area contributed by atoms with Crippen LogP contribution in [0.5, 0.6) is 0 Å². The summed E-state index contributed by atoms with van der Waals surface area (Å²) in [4.78, 5) is 27.7. The van der Waals surface area contributed by atoms with E-state index >= 15 is 0 Å². The van der Waals surface area contributed by atoms with Gasteiger partial charge in [-0.05, 0) is 18.9 Å². The van der Waals surface area contributed by atoms with Crippen molar-refractivity contribution in [3.63, 3.8) is 0 Å². The van der Waals surface area contributed by atoms with Crippen molar-refractivity contribution in [3.05, 3.63) is 39.4 Å². The predicted octanol–water partition coefficient (Wildman–Crippen LogP) is 1.02. The third kappa shape index (κ3) is 3.20. The number of rotatable bonds is 3. The van der Waals surface area contributed by atoms with Gasteiger partial charge < -0.3 is 10.2 Å². The number of nitro groups is 1. The van der Waals surface area contributed by atoms with E-state index in [9.17, 15) is 14.9 Å². The minimum atomic E-state index is -0.468. The number of amides is 1. The standard InChI is InChI=1S/C16H22N4O3/c1-12-3-2-4-14(20(22)23)15(12)16(21)19-8-5-13(11-19)18-9-6-17-7-10-18/h2-4,13,17H,5-11H2,1H3. The van der Waals surface area contributed by atoms with E-state index in [2.05, 4.69) is 10.2 Å². The van der Waals surface area contributed by atoms with Crippen LogP contribution in [0.25, 0.3) is 0 Å². The third-order valence-corrected chi connectivity index (χ3v) is 4.78. The first-order valence-electron chi connectivity index (χ1n) is 8.06. The van der Waals surface area contributed by atoms with Crippen molar-refractivity contribution in [1.82, 2.24) is 15.1 Å². The van der Waals surface area contributed by atoms with Crippen molar-refractivity contribution < 1.29 is 9.72 Å². The molecule has 1 unspecified atom stereocenters. The molecule has 0 aromatic heterocycles. The molecule has 0 spiro atoms. The summed E-state index contributed by atoms with van der Waals surface area (Å²) in [6.45, 7) is 7.03. The Balaban J connectivity index is 1.76. The molecule has 2 aliphatic rings. The van der Waals surface area contributed by atoms with Gasteiger partial charge in [-0.1, -0.05) is 12.1 Å². The van der Waals surface area contributed by atoms with Crippen LogP contribution in [0.4, 0.5) is 5.69 Å². The highest BCUT2D eigenvalue weighted by Gasteiger charge is 2.34.